The van der Waals surface area contributed by atoms with Gasteiger partial charge in [-0.25, -0.2) is 9.97 Å². The number of unbranched alkanes of at least 4 members (excludes halogenated alkanes) is 26. The summed E-state index contributed by atoms with van der Waals surface area (Å²) in [5, 5.41) is 0. The van der Waals surface area contributed by atoms with E-state index in [-0.39, 0.29) is 19.5 Å². The van der Waals surface area contributed by atoms with Crippen molar-refractivity contribution in [1.29, 1.82) is 0 Å². The zero-order chi connectivity index (χ0) is 60.2. The normalized spacial score (nSPS) is 11.6. The van der Waals surface area contributed by atoms with Gasteiger partial charge in [0.2, 0.25) is 0 Å². The molecule has 0 N–H and O–H groups in total. The smallest absolute Gasteiger partial charge is 0.656 e. The van der Waals surface area contributed by atoms with Gasteiger partial charge >= 0.3 is 19.5 Å². The number of hydrogen-bond donors (Lipinski definition) is 0. The molecule has 7 heteroatoms. The van der Waals surface area contributed by atoms with Gasteiger partial charge < -0.3 is 19.8 Å². The molecule has 5 heterocycles. The van der Waals surface area contributed by atoms with E-state index in [1.165, 1.54) is 215 Å². The summed E-state index contributed by atoms with van der Waals surface area (Å²) >= 11 is 0. The second kappa shape index (κ2) is 41.6. The number of fused-ring (bicyclic) bond motifs is 8. The van der Waals surface area contributed by atoms with Crippen LogP contribution in [0.25, 0.3) is 46.4 Å². The minimum Gasteiger partial charge on any atom is -0.656 e. The molecule has 6 nitrogen and oxygen atoms in total. The monoisotopic (exact) mass is 1220 g/mol. The van der Waals surface area contributed by atoms with Crippen LogP contribution in [0.1, 0.15) is 303 Å². The molecule has 2 aromatic carbocycles. The summed E-state index contributed by atoms with van der Waals surface area (Å²) < 4.78 is 0. The number of nitrogens with zero attached hydrogens (tertiary/aromatic N) is 6. The van der Waals surface area contributed by atoms with E-state index in [9.17, 15) is 0 Å². The maximum absolute atomic E-state index is 5.52. The van der Waals surface area contributed by atoms with Crippen molar-refractivity contribution >= 4 is 57.7 Å². The van der Waals surface area contributed by atoms with Crippen molar-refractivity contribution in [2.24, 2.45) is 0 Å². The SMILES string of the molecule is CCCCCCCCCCc1c2nc(c(C#Cc3ccc(N(CCCCCC)CCCCCC)cc3)c3ccc([n-]3)c(CCCCCCCCCC)c3nc(c(C#Cc4ccc(N(CCCCCC)CCCCCC)cc4)c4ccc1[n-]4)C=C3)C=C2.[Zn+2]. The Morgan fingerprint density at radius 3 is 0.897 bits per heavy atom. The standard InChI is InChI=1S/C80H110N6.Zn/c1-7-13-19-25-27-29-31-33-39-69-73-53-57-77(81-73)71(51-45-65-41-47-67(48-42-65)85(61-35-21-15-9-3)62-36-22-16-10-4)79-59-55-75(83-79)70(40-34-32-30-28-26-20-14-8-2)76-56-60-80(84-76)72(78-58-54-74(69)82-78)52-46-66-43-49-68(50-44-66)86(63-37-23-17-11-5)64-38-24-18-12-6;/h41-44,47-50,53-60H,7-40,61-64H2,1-6H3;/q-2;+2. The van der Waals surface area contributed by atoms with Crippen LogP contribution in [0.4, 0.5) is 11.4 Å². The zero-order valence-corrected chi connectivity index (χ0v) is 58.5. The molecule has 0 unspecified atom stereocenters. The van der Waals surface area contributed by atoms with E-state index in [1.54, 1.807) is 0 Å². The van der Waals surface area contributed by atoms with E-state index in [0.29, 0.717) is 0 Å². The maximum Gasteiger partial charge on any atom is 2.00 e. The average Bonchev–Trinajstić information content (AvgIpc) is 2.09. The van der Waals surface area contributed by atoms with Gasteiger partial charge in [-0.15, -0.1) is 22.1 Å². The number of benzene rings is 2. The molecule has 2 aliphatic rings. The molecule has 7 rings (SSSR count). The first-order valence-corrected chi connectivity index (χ1v) is 35.2. The largest absolute Gasteiger partial charge is 2.00 e. The van der Waals surface area contributed by atoms with Crippen LogP contribution in [0.15, 0.2) is 72.8 Å². The molecule has 0 atom stereocenters. The second-order valence-corrected chi connectivity index (χ2v) is 24.8. The fourth-order valence-corrected chi connectivity index (χ4v) is 12.3. The second-order valence-electron chi connectivity index (χ2n) is 24.8. The zero-order valence-electron chi connectivity index (χ0n) is 55.5. The van der Waals surface area contributed by atoms with Crippen molar-refractivity contribution in [3.05, 3.63) is 129 Å². The van der Waals surface area contributed by atoms with E-state index in [4.69, 9.17) is 19.9 Å². The average molecular weight is 1220 g/mol. The number of aryl methyl sites for hydroxylation is 2. The molecule has 0 amide bonds. The Morgan fingerprint density at radius 2 is 0.575 bits per heavy atom. The molecule has 0 radical (unpaired) electrons. The van der Waals surface area contributed by atoms with Crippen molar-refractivity contribution in [2.45, 2.75) is 260 Å². The van der Waals surface area contributed by atoms with Gasteiger partial charge in [-0.2, -0.15) is 0 Å². The molecule has 3 aromatic heterocycles. The summed E-state index contributed by atoms with van der Waals surface area (Å²) in [7, 11) is 0. The van der Waals surface area contributed by atoms with Crippen LogP contribution in [0.2, 0.25) is 0 Å². The molecular formula is C80H110N6Zn. The Hall–Kier alpha value is -5.62. The van der Waals surface area contributed by atoms with Crippen molar-refractivity contribution in [2.75, 3.05) is 36.0 Å². The number of hydrogen-bond acceptors (Lipinski definition) is 4. The van der Waals surface area contributed by atoms with Gasteiger partial charge in [0, 0.05) is 59.8 Å². The summed E-state index contributed by atoms with van der Waals surface area (Å²) in [5.74, 6) is 14.6. The van der Waals surface area contributed by atoms with Crippen molar-refractivity contribution in [3.63, 3.8) is 0 Å². The molecule has 462 valence electrons. The third-order valence-corrected chi connectivity index (χ3v) is 17.6. The van der Waals surface area contributed by atoms with Gasteiger partial charge in [0.05, 0.1) is 22.8 Å². The first-order chi connectivity index (χ1) is 42.5. The van der Waals surface area contributed by atoms with E-state index >= 15 is 0 Å². The Labute approximate surface area is 542 Å². The van der Waals surface area contributed by atoms with Crippen LogP contribution in [-0.4, -0.2) is 36.1 Å². The molecule has 87 heavy (non-hydrogen) atoms. The Bertz CT molecular complexity index is 2880. The van der Waals surface area contributed by atoms with Gasteiger partial charge in [-0.05, 0) is 135 Å². The Kier molecular flexibility index (Phi) is 33.7. The number of rotatable bonds is 40. The molecule has 0 saturated heterocycles. The predicted molar refractivity (Wildman–Crippen MR) is 375 cm³/mol. The van der Waals surface area contributed by atoms with Gasteiger partial charge in [0.25, 0.3) is 0 Å². The molecule has 0 fully saturated rings. The molecule has 2 aliphatic heterocycles. The van der Waals surface area contributed by atoms with Crippen molar-refractivity contribution in [1.82, 2.24) is 19.9 Å². The molecular weight excluding hydrogens is 1110 g/mol. The number of aromatic nitrogens is 4. The van der Waals surface area contributed by atoms with Crippen LogP contribution < -0.4 is 19.8 Å². The van der Waals surface area contributed by atoms with Crippen LogP contribution in [0.3, 0.4) is 0 Å². The van der Waals surface area contributed by atoms with Gasteiger partial charge in [-0.3, -0.25) is 0 Å². The van der Waals surface area contributed by atoms with Crippen LogP contribution in [0, 0.1) is 23.7 Å². The van der Waals surface area contributed by atoms with E-state index in [0.717, 1.165) is 119 Å². The van der Waals surface area contributed by atoms with Crippen LogP contribution in [-0.2, 0) is 32.3 Å². The van der Waals surface area contributed by atoms with Crippen molar-refractivity contribution < 1.29 is 19.5 Å². The van der Waals surface area contributed by atoms with Gasteiger partial charge in [-0.1, -0.05) is 256 Å². The summed E-state index contributed by atoms with van der Waals surface area (Å²) in [6.45, 7) is 18.2. The molecule has 8 bridgehead atoms. The minimum atomic E-state index is 0. The fourth-order valence-electron chi connectivity index (χ4n) is 12.3. The van der Waals surface area contributed by atoms with E-state index in [2.05, 4.69) is 172 Å². The Balaban J connectivity index is 0.0000121. The Morgan fingerprint density at radius 1 is 0.299 bits per heavy atom. The molecule has 5 aromatic rings. The van der Waals surface area contributed by atoms with E-state index in [1.807, 2.05) is 0 Å². The van der Waals surface area contributed by atoms with Gasteiger partial charge in [0.15, 0.2) is 0 Å². The summed E-state index contributed by atoms with van der Waals surface area (Å²) in [4.78, 5) is 27.3. The maximum atomic E-state index is 5.52. The van der Waals surface area contributed by atoms with Gasteiger partial charge in [0.1, 0.15) is 0 Å². The molecule has 0 aliphatic carbocycles. The quantitative estimate of drug-likeness (QED) is 0.0217. The summed E-state index contributed by atoms with van der Waals surface area (Å²) in [6, 6.07) is 26.8. The molecule has 0 spiro atoms. The van der Waals surface area contributed by atoms with Crippen LogP contribution >= 0.6 is 0 Å². The fraction of sp³-hybridized carbons (Fsp3) is 0.550. The van der Waals surface area contributed by atoms with E-state index < -0.39 is 0 Å². The minimum absolute atomic E-state index is 0. The first-order valence-electron chi connectivity index (χ1n) is 35.2. The molecule has 0 saturated carbocycles. The van der Waals surface area contributed by atoms with Crippen molar-refractivity contribution in [3.8, 4) is 23.7 Å². The topological polar surface area (TPSA) is 60.5 Å². The third kappa shape index (κ3) is 23.7. The number of anilines is 2. The third-order valence-electron chi connectivity index (χ3n) is 17.6. The van der Waals surface area contributed by atoms with Crippen LogP contribution in [0.5, 0.6) is 0 Å². The predicted octanol–water partition coefficient (Wildman–Crippen LogP) is 22.0. The first kappa shape index (κ1) is 70.5. The summed E-state index contributed by atoms with van der Waals surface area (Å²) in [6.07, 6.45) is 50.9. The summed E-state index contributed by atoms with van der Waals surface area (Å²) in [5.41, 5.74) is 15.9.